The minimum atomic E-state index is -0.288. The van der Waals surface area contributed by atoms with Gasteiger partial charge in [-0.1, -0.05) is 23.7 Å². The molecular weight excluding hydrogens is 401 g/mol. The first-order chi connectivity index (χ1) is 14.5. The van der Waals surface area contributed by atoms with E-state index in [0.717, 1.165) is 33.4 Å². The Morgan fingerprint density at radius 2 is 2.03 bits per heavy atom. The quantitative estimate of drug-likeness (QED) is 0.384. The van der Waals surface area contributed by atoms with E-state index >= 15 is 0 Å². The maximum absolute atomic E-state index is 13.9. The SMILES string of the molecule is Cc1ccc(NC(=O)CCCc2c(-c3ccccn3)[nH]c3ccc(F)cc23)cc1Cl. The number of hydrogen-bond donors (Lipinski definition) is 2. The number of hydrogen-bond acceptors (Lipinski definition) is 2. The van der Waals surface area contributed by atoms with Crippen LogP contribution in [0.4, 0.5) is 10.1 Å². The van der Waals surface area contributed by atoms with Gasteiger partial charge >= 0.3 is 0 Å². The zero-order valence-corrected chi connectivity index (χ0v) is 17.3. The van der Waals surface area contributed by atoms with E-state index in [1.54, 1.807) is 18.3 Å². The van der Waals surface area contributed by atoms with Gasteiger partial charge in [-0.3, -0.25) is 9.78 Å². The van der Waals surface area contributed by atoms with Crippen LogP contribution in [0.2, 0.25) is 5.02 Å². The van der Waals surface area contributed by atoms with Crippen LogP contribution in [0.3, 0.4) is 0 Å². The van der Waals surface area contributed by atoms with Crippen molar-refractivity contribution >= 4 is 34.1 Å². The summed E-state index contributed by atoms with van der Waals surface area (Å²) in [6.45, 7) is 1.91. The molecule has 0 aliphatic heterocycles. The predicted octanol–water partition coefficient (Wildman–Crippen LogP) is 6.29. The number of pyridine rings is 1. The van der Waals surface area contributed by atoms with E-state index in [1.807, 2.05) is 37.3 Å². The molecule has 4 rings (SSSR count). The van der Waals surface area contributed by atoms with Crippen molar-refractivity contribution in [3.8, 4) is 11.4 Å². The number of nitrogens with zero attached hydrogens (tertiary/aromatic N) is 1. The molecule has 0 saturated carbocycles. The summed E-state index contributed by atoms with van der Waals surface area (Å²) in [6.07, 6.45) is 3.31. The predicted molar refractivity (Wildman–Crippen MR) is 119 cm³/mol. The summed E-state index contributed by atoms with van der Waals surface area (Å²) in [7, 11) is 0. The standard InChI is InChI=1S/C24H21ClFN3O/c1-15-8-10-17(14-20(15)25)28-23(30)7-4-5-18-19-13-16(26)9-11-21(19)29-24(18)22-6-2-3-12-27-22/h2-3,6,8-14,29H,4-5,7H2,1H3,(H,28,30). The largest absolute Gasteiger partial charge is 0.353 e. The highest BCUT2D eigenvalue weighted by Gasteiger charge is 2.15. The van der Waals surface area contributed by atoms with Crippen molar-refractivity contribution in [1.29, 1.82) is 0 Å². The van der Waals surface area contributed by atoms with E-state index in [9.17, 15) is 9.18 Å². The van der Waals surface area contributed by atoms with Crippen molar-refractivity contribution in [2.75, 3.05) is 5.32 Å². The maximum Gasteiger partial charge on any atom is 0.224 e. The molecule has 0 spiro atoms. The van der Waals surface area contributed by atoms with E-state index in [4.69, 9.17) is 11.6 Å². The zero-order chi connectivity index (χ0) is 21.1. The molecule has 0 aliphatic rings. The number of aromatic nitrogens is 2. The van der Waals surface area contributed by atoms with Crippen LogP contribution in [0.15, 0.2) is 60.8 Å². The first kappa shape index (κ1) is 20.1. The lowest BCUT2D eigenvalue weighted by Crippen LogP contribution is -2.11. The van der Waals surface area contributed by atoms with Crippen LogP contribution in [0.1, 0.15) is 24.0 Å². The van der Waals surface area contributed by atoms with E-state index in [2.05, 4.69) is 15.3 Å². The average molecular weight is 422 g/mol. The molecule has 0 atom stereocenters. The van der Waals surface area contributed by atoms with Gasteiger partial charge in [0.1, 0.15) is 5.82 Å². The Morgan fingerprint density at radius 3 is 2.80 bits per heavy atom. The van der Waals surface area contributed by atoms with Gasteiger partial charge in [-0.25, -0.2) is 4.39 Å². The molecule has 0 radical (unpaired) electrons. The minimum absolute atomic E-state index is 0.0830. The number of H-pyrrole nitrogens is 1. The molecule has 0 fully saturated rings. The molecule has 0 bridgehead atoms. The Balaban J connectivity index is 1.51. The lowest BCUT2D eigenvalue weighted by Gasteiger charge is -2.08. The highest BCUT2D eigenvalue weighted by atomic mass is 35.5. The molecular formula is C24H21ClFN3O. The lowest BCUT2D eigenvalue weighted by molar-refractivity contribution is -0.116. The number of nitrogens with one attached hydrogen (secondary N) is 2. The topological polar surface area (TPSA) is 57.8 Å². The number of aromatic amines is 1. The van der Waals surface area contributed by atoms with Gasteiger partial charge in [0.05, 0.1) is 11.4 Å². The molecule has 2 heterocycles. The summed E-state index contributed by atoms with van der Waals surface area (Å²) in [5.41, 5.74) is 5.12. The molecule has 6 heteroatoms. The van der Waals surface area contributed by atoms with Crippen molar-refractivity contribution in [3.63, 3.8) is 0 Å². The fraction of sp³-hybridized carbons (Fsp3) is 0.167. The molecule has 30 heavy (non-hydrogen) atoms. The highest BCUT2D eigenvalue weighted by molar-refractivity contribution is 6.31. The fourth-order valence-corrected chi connectivity index (χ4v) is 3.71. The Kier molecular flexibility index (Phi) is 5.81. The fourth-order valence-electron chi connectivity index (χ4n) is 3.53. The van der Waals surface area contributed by atoms with E-state index in [1.165, 1.54) is 12.1 Å². The number of rotatable bonds is 6. The Bertz CT molecular complexity index is 1200. The molecule has 2 aromatic carbocycles. The van der Waals surface area contributed by atoms with Gasteiger partial charge in [0.2, 0.25) is 5.91 Å². The molecule has 1 amide bonds. The summed E-state index contributed by atoms with van der Waals surface area (Å²) in [6, 6.07) is 15.8. The molecule has 0 saturated heterocycles. The number of carbonyl (C=O) groups excluding carboxylic acids is 1. The van der Waals surface area contributed by atoms with E-state index in [-0.39, 0.29) is 11.7 Å². The minimum Gasteiger partial charge on any atom is -0.353 e. The van der Waals surface area contributed by atoms with Gasteiger partial charge < -0.3 is 10.3 Å². The first-order valence-electron chi connectivity index (χ1n) is 9.79. The van der Waals surface area contributed by atoms with Crippen molar-refractivity contribution in [2.24, 2.45) is 0 Å². The summed E-state index contributed by atoms with van der Waals surface area (Å²) in [5.74, 6) is -0.371. The first-order valence-corrected chi connectivity index (χ1v) is 10.2. The second-order valence-electron chi connectivity index (χ2n) is 7.25. The second-order valence-corrected chi connectivity index (χ2v) is 7.66. The molecule has 152 valence electrons. The van der Waals surface area contributed by atoms with Gasteiger partial charge in [0.15, 0.2) is 0 Å². The van der Waals surface area contributed by atoms with Crippen molar-refractivity contribution in [3.05, 3.63) is 82.8 Å². The van der Waals surface area contributed by atoms with Gasteiger partial charge in [0, 0.05) is 34.2 Å². The van der Waals surface area contributed by atoms with Gasteiger partial charge in [-0.05, 0) is 73.4 Å². The van der Waals surface area contributed by atoms with Gasteiger partial charge in [-0.2, -0.15) is 0 Å². The number of halogens is 2. The summed E-state index contributed by atoms with van der Waals surface area (Å²) in [4.78, 5) is 20.2. The Morgan fingerprint density at radius 1 is 1.17 bits per heavy atom. The van der Waals surface area contributed by atoms with Crippen LogP contribution >= 0.6 is 11.6 Å². The molecule has 4 nitrogen and oxygen atoms in total. The van der Waals surface area contributed by atoms with Crippen molar-refractivity contribution < 1.29 is 9.18 Å². The Labute approximate surface area is 179 Å². The van der Waals surface area contributed by atoms with Crippen LogP contribution in [-0.2, 0) is 11.2 Å². The maximum atomic E-state index is 13.9. The van der Waals surface area contributed by atoms with E-state index in [0.29, 0.717) is 30.0 Å². The van der Waals surface area contributed by atoms with Gasteiger partial charge in [-0.15, -0.1) is 0 Å². The third-order valence-electron chi connectivity index (χ3n) is 5.08. The summed E-state index contributed by atoms with van der Waals surface area (Å²) < 4.78 is 13.9. The van der Waals surface area contributed by atoms with Crippen molar-refractivity contribution in [2.45, 2.75) is 26.2 Å². The van der Waals surface area contributed by atoms with Crippen LogP contribution in [0, 0.1) is 12.7 Å². The number of carbonyl (C=O) groups is 1. The molecule has 2 aromatic heterocycles. The van der Waals surface area contributed by atoms with Crippen molar-refractivity contribution in [1.82, 2.24) is 9.97 Å². The number of fused-ring (bicyclic) bond motifs is 1. The highest BCUT2D eigenvalue weighted by Crippen LogP contribution is 2.31. The van der Waals surface area contributed by atoms with Crippen LogP contribution in [0.25, 0.3) is 22.3 Å². The number of anilines is 1. The monoisotopic (exact) mass is 421 g/mol. The van der Waals surface area contributed by atoms with Gasteiger partial charge in [0.25, 0.3) is 0 Å². The number of amides is 1. The van der Waals surface area contributed by atoms with Crippen LogP contribution in [-0.4, -0.2) is 15.9 Å². The van der Waals surface area contributed by atoms with E-state index < -0.39 is 0 Å². The normalized spacial score (nSPS) is 11.0. The Hall–Kier alpha value is -3.18. The molecule has 2 N–H and O–H groups in total. The van der Waals surface area contributed by atoms with Crippen LogP contribution in [0.5, 0.6) is 0 Å². The third-order valence-corrected chi connectivity index (χ3v) is 5.48. The number of benzene rings is 2. The average Bonchev–Trinajstić information content (AvgIpc) is 3.09. The molecule has 0 aliphatic carbocycles. The molecule has 4 aromatic rings. The summed E-state index contributed by atoms with van der Waals surface area (Å²) >= 11 is 6.12. The summed E-state index contributed by atoms with van der Waals surface area (Å²) in [5, 5.41) is 4.32. The second kappa shape index (κ2) is 8.67. The van der Waals surface area contributed by atoms with Crippen LogP contribution < -0.4 is 5.32 Å². The smallest absolute Gasteiger partial charge is 0.224 e. The molecule has 0 unspecified atom stereocenters. The number of aryl methyl sites for hydroxylation is 2. The zero-order valence-electron chi connectivity index (χ0n) is 16.5. The third kappa shape index (κ3) is 4.36. The lowest BCUT2D eigenvalue weighted by atomic mass is 10.0.